The molecule has 2 saturated carbocycles. The molecule has 4 rings (SSSR count). The van der Waals surface area contributed by atoms with Crippen LogP contribution in [0.2, 0.25) is 0 Å². The summed E-state index contributed by atoms with van der Waals surface area (Å²) in [5, 5.41) is 1.44. The summed E-state index contributed by atoms with van der Waals surface area (Å²) in [5.41, 5.74) is 2.78. The lowest BCUT2D eigenvalue weighted by atomic mass is 9.51. The summed E-state index contributed by atoms with van der Waals surface area (Å²) < 4.78 is 0. The molecular weight excluding hydrogens is 513 g/mol. The molecule has 36 heavy (non-hydrogen) atoms. The van der Waals surface area contributed by atoms with Crippen LogP contribution in [-0.2, 0) is 5.41 Å². The standard InChI is InChI=1S/C32H44S4/c33-19-9-18-30(26-12-3-1-4-13-26)32(28-15-5-2-6-16-28,29-17-8-11-25(21-29)23-35)31(36)27-14-7-10-24(20-27)22-34/h1-6,12-13,15-16,19,24-25,27,29-30,33-36H,7-11,14,17-18,20-23H2. The summed E-state index contributed by atoms with van der Waals surface area (Å²) in [6.45, 7) is 0. The number of thiol groups is 4. The molecule has 0 nitrogen and oxygen atoms in total. The van der Waals surface area contributed by atoms with Crippen LogP contribution in [0.25, 0.3) is 0 Å². The fraction of sp³-hybridized carbons (Fsp3) is 0.562. The third-order valence-electron chi connectivity index (χ3n) is 9.12. The number of hydrogen-bond acceptors (Lipinski definition) is 4. The zero-order chi connectivity index (χ0) is 25.4. The van der Waals surface area contributed by atoms with Crippen molar-refractivity contribution in [3.63, 3.8) is 0 Å². The van der Waals surface area contributed by atoms with Gasteiger partial charge in [0.15, 0.2) is 0 Å². The Morgan fingerprint density at radius 3 is 2.08 bits per heavy atom. The Bertz CT molecular complexity index is 888. The summed E-state index contributed by atoms with van der Waals surface area (Å²) >= 11 is 19.7. The van der Waals surface area contributed by atoms with Gasteiger partial charge in [-0.15, -0.1) is 0 Å². The van der Waals surface area contributed by atoms with E-state index in [-0.39, 0.29) is 5.41 Å². The fourth-order valence-corrected chi connectivity index (χ4v) is 8.98. The number of rotatable bonds is 11. The van der Waals surface area contributed by atoms with Crippen molar-refractivity contribution < 1.29 is 0 Å². The molecule has 6 unspecified atom stereocenters. The van der Waals surface area contributed by atoms with E-state index in [0.717, 1.165) is 24.3 Å². The lowest BCUT2D eigenvalue weighted by Crippen LogP contribution is -2.49. The highest BCUT2D eigenvalue weighted by molar-refractivity contribution is 7.83. The minimum atomic E-state index is -0.118. The molecule has 2 fully saturated rings. The van der Waals surface area contributed by atoms with Gasteiger partial charge in [0.05, 0.1) is 0 Å². The molecule has 0 aromatic heterocycles. The Kier molecular flexibility index (Phi) is 11.4. The second-order valence-corrected chi connectivity index (χ2v) is 12.7. The van der Waals surface area contributed by atoms with Crippen LogP contribution < -0.4 is 0 Å². The smallest absolute Gasteiger partial charge is 0.0418 e. The average Bonchev–Trinajstić information content (AvgIpc) is 2.96. The average molecular weight is 557 g/mol. The van der Waals surface area contributed by atoms with E-state index in [0.29, 0.717) is 29.6 Å². The molecule has 0 aliphatic heterocycles. The predicted molar refractivity (Wildman–Crippen MR) is 171 cm³/mol. The van der Waals surface area contributed by atoms with Crippen molar-refractivity contribution in [2.24, 2.45) is 23.7 Å². The molecule has 2 aromatic rings. The zero-order valence-electron chi connectivity index (χ0n) is 21.5. The third-order valence-corrected chi connectivity index (χ3v) is 11.2. The van der Waals surface area contributed by atoms with Gasteiger partial charge in [-0.3, -0.25) is 0 Å². The van der Waals surface area contributed by atoms with E-state index in [4.69, 9.17) is 37.9 Å². The highest BCUT2D eigenvalue weighted by Gasteiger charge is 2.54. The topological polar surface area (TPSA) is 0 Å². The van der Waals surface area contributed by atoms with Crippen molar-refractivity contribution in [1.29, 1.82) is 0 Å². The molecule has 6 atom stereocenters. The van der Waals surface area contributed by atoms with Crippen LogP contribution in [0.4, 0.5) is 0 Å². The van der Waals surface area contributed by atoms with Gasteiger partial charge in [-0.2, -0.15) is 50.5 Å². The quantitative estimate of drug-likeness (QED) is 0.195. The van der Waals surface area contributed by atoms with Crippen molar-refractivity contribution in [3.8, 4) is 0 Å². The fourth-order valence-electron chi connectivity index (χ4n) is 7.47. The summed E-state index contributed by atoms with van der Waals surface area (Å²) in [6.07, 6.45) is 12.2. The molecule has 2 aliphatic carbocycles. The van der Waals surface area contributed by atoms with E-state index >= 15 is 0 Å². The molecule has 0 saturated heterocycles. The molecule has 2 aliphatic rings. The molecule has 0 heterocycles. The first kappa shape index (κ1) is 28.8. The summed E-state index contributed by atoms with van der Waals surface area (Å²) in [7, 11) is 0. The Balaban J connectivity index is 1.91. The van der Waals surface area contributed by atoms with Gasteiger partial charge in [0.25, 0.3) is 0 Å². The van der Waals surface area contributed by atoms with Gasteiger partial charge in [-0.05, 0) is 104 Å². The Hall–Kier alpha value is -0.160. The Morgan fingerprint density at radius 1 is 0.833 bits per heavy atom. The molecule has 0 N–H and O–H groups in total. The van der Waals surface area contributed by atoms with E-state index in [1.54, 1.807) is 0 Å². The van der Waals surface area contributed by atoms with Crippen LogP contribution in [-0.4, -0.2) is 11.5 Å². The maximum absolute atomic E-state index is 5.67. The van der Waals surface area contributed by atoms with Crippen LogP contribution in [0.1, 0.15) is 81.3 Å². The minimum Gasteiger partial charge on any atom is -0.179 e. The van der Waals surface area contributed by atoms with Gasteiger partial charge in [0.2, 0.25) is 0 Å². The van der Waals surface area contributed by atoms with Gasteiger partial charge in [0, 0.05) is 16.4 Å². The highest BCUT2D eigenvalue weighted by Crippen LogP contribution is 2.61. The third kappa shape index (κ3) is 6.35. The van der Waals surface area contributed by atoms with Crippen LogP contribution in [0.3, 0.4) is 0 Å². The second-order valence-electron chi connectivity index (χ2n) is 11.2. The van der Waals surface area contributed by atoms with Gasteiger partial charge >= 0.3 is 0 Å². The lowest BCUT2D eigenvalue weighted by molar-refractivity contribution is 0.134. The first-order chi connectivity index (χ1) is 17.6. The van der Waals surface area contributed by atoms with Gasteiger partial charge in [-0.25, -0.2) is 0 Å². The molecule has 0 amide bonds. The molecule has 0 bridgehead atoms. The Morgan fingerprint density at radius 2 is 1.44 bits per heavy atom. The van der Waals surface area contributed by atoms with E-state index in [2.05, 4.69) is 79.0 Å². The zero-order valence-corrected chi connectivity index (χ0v) is 25.1. The molecule has 196 valence electrons. The number of benzene rings is 2. The van der Waals surface area contributed by atoms with Gasteiger partial charge < -0.3 is 0 Å². The maximum atomic E-state index is 5.67. The summed E-state index contributed by atoms with van der Waals surface area (Å²) in [5.74, 6) is 6.84. The molecule has 0 spiro atoms. The first-order valence-corrected chi connectivity index (χ1v) is 16.2. The van der Waals surface area contributed by atoms with Crippen LogP contribution in [0, 0.1) is 34.7 Å². The maximum Gasteiger partial charge on any atom is 0.0418 e. The van der Waals surface area contributed by atoms with Crippen LogP contribution >= 0.6 is 50.5 Å². The summed E-state index contributed by atoms with van der Waals surface area (Å²) in [6, 6.07) is 22.8. The van der Waals surface area contributed by atoms with Crippen LogP contribution in [0.15, 0.2) is 60.7 Å². The molecule has 2 aromatic carbocycles. The van der Waals surface area contributed by atoms with E-state index in [9.17, 15) is 0 Å². The monoisotopic (exact) mass is 556 g/mol. The van der Waals surface area contributed by atoms with E-state index < -0.39 is 0 Å². The molecule has 4 heteroatoms. The molecular formula is C32H44S4. The Labute approximate surface area is 242 Å². The normalized spacial score (nSPS) is 27.5. The summed E-state index contributed by atoms with van der Waals surface area (Å²) in [4.78, 5) is 0. The van der Waals surface area contributed by atoms with Crippen molar-refractivity contribution >= 4 is 50.5 Å². The van der Waals surface area contributed by atoms with Gasteiger partial charge in [0.1, 0.15) is 0 Å². The van der Waals surface area contributed by atoms with E-state index in [1.165, 1.54) is 67.7 Å². The number of hydrogen-bond donors (Lipinski definition) is 4. The van der Waals surface area contributed by atoms with Gasteiger partial charge in [-0.1, -0.05) is 73.5 Å². The molecule has 2 radical (unpaired) electrons. The second kappa shape index (κ2) is 14.3. The highest BCUT2D eigenvalue weighted by atomic mass is 32.1. The SMILES string of the molecule is S[CH]CCC(c1ccccc1)C([C](S)C1CCCC(CS)C1)(c1ccccc1)C1CCCC(CS)C1. The van der Waals surface area contributed by atoms with Crippen LogP contribution in [0.5, 0.6) is 0 Å². The minimum absolute atomic E-state index is 0.118. The van der Waals surface area contributed by atoms with Crippen molar-refractivity contribution in [1.82, 2.24) is 0 Å². The van der Waals surface area contributed by atoms with Crippen molar-refractivity contribution in [3.05, 3.63) is 82.8 Å². The van der Waals surface area contributed by atoms with Crippen molar-refractivity contribution in [2.45, 2.75) is 75.5 Å². The largest absolute Gasteiger partial charge is 0.179 e. The lowest BCUT2D eigenvalue weighted by Gasteiger charge is -2.55. The predicted octanol–water partition coefficient (Wildman–Crippen LogP) is 9.51. The van der Waals surface area contributed by atoms with E-state index in [1.807, 2.05) is 0 Å². The first-order valence-electron chi connectivity index (χ1n) is 14.0. The van der Waals surface area contributed by atoms with Crippen molar-refractivity contribution in [2.75, 3.05) is 11.5 Å².